The smallest absolute Gasteiger partial charge is 0.165 e. The first-order valence-corrected chi connectivity index (χ1v) is 6.69. The monoisotopic (exact) mass is 279 g/mol. The van der Waals surface area contributed by atoms with Crippen molar-refractivity contribution in [2.75, 3.05) is 6.54 Å². The van der Waals surface area contributed by atoms with Crippen molar-refractivity contribution in [3.8, 4) is 11.5 Å². The van der Waals surface area contributed by atoms with Crippen LogP contribution in [-0.2, 0) is 6.42 Å². The molecule has 0 aliphatic rings. The molecule has 0 atom stereocenters. The van der Waals surface area contributed by atoms with Crippen LogP contribution in [-0.4, -0.2) is 16.3 Å². The zero-order valence-corrected chi connectivity index (χ0v) is 11.9. The van der Waals surface area contributed by atoms with Crippen LogP contribution in [0, 0.1) is 0 Å². The molecule has 5 heteroatoms. The van der Waals surface area contributed by atoms with E-state index in [0.29, 0.717) is 29.8 Å². The Bertz CT molecular complexity index is 551. The zero-order valence-electron chi connectivity index (χ0n) is 11.1. The molecular formula is C14H18ClN3O. The Morgan fingerprint density at radius 1 is 1.42 bits per heavy atom. The van der Waals surface area contributed by atoms with Gasteiger partial charge in [-0.1, -0.05) is 17.7 Å². The SMILES string of the molecule is CC(C)n1cc(Oc2cccc(Cl)c2CCN)cn1. The van der Waals surface area contributed by atoms with Gasteiger partial charge in [0.2, 0.25) is 0 Å². The molecule has 0 unspecified atom stereocenters. The van der Waals surface area contributed by atoms with Gasteiger partial charge in [-0.3, -0.25) is 4.68 Å². The largest absolute Gasteiger partial charge is 0.454 e. The number of nitrogens with zero attached hydrogens (tertiary/aromatic N) is 2. The lowest BCUT2D eigenvalue weighted by molar-refractivity contribution is 0.471. The third-order valence-electron chi connectivity index (χ3n) is 2.80. The molecule has 0 amide bonds. The molecule has 0 fully saturated rings. The summed E-state index contributed by atoms with van der Waals surface area (Å²) in [6, 6.07) is 5.91. The van der Waals surface area contributed by atoms with Crippen molar-refractivity contribution in [3.63, 3.8) is 0 Å². The lowest BCUT2D eigenvalue weighted by Crippen LogP contribution is -2.04. The standard InChI is InChI=1S/C14H18ClN3O/c1-10(2)18-9-11(8-17-18)19-14-5-3-4-13(15)12(14)6-7-16/h3-5,8-10H,6-7,16H2,1-2H3. The molecule has 0 radical (unpaired) electrons. The molecule has 1 aromatic carbocycles. The Hall–Kier alpha value is -1.52. The molecule has 0 spiro atoms. The van der Waals surface area contributed by atoms with E-state index in [0.717, 1.165) is 11.3 Å². The van der Waals surface area contributed by atoms with Gasteiger partial charge in [-0.05, 0) is 38.9 Å². The third kappa shape index (κ3) is 3.28. The number of hydrogen-bond donors (Lipinski definition) is 1. The first-order chi connectivity index (χ1) is 9.11. The maximum Gasteiger partial charge on any atom is 0.165 e. The molecular weight excluding hydrogens is 262 g/mol. The number of ether oxygens (including phenoxy) is 1. The fourth-order valence-corrected chi connectivity index (χ4v) is 2.06. The van der Waals surface area contributed by atoms with Crippen LogP contribution in [0.25, 0.3) is 0 Å². The lowest BCUT2D eigenvalue weighted by atomic mass is 10.1. The average Bonchev–Trinajstić information content (AvgIpc) is 2.82. The van der Waals surface area contributed by atoms with Crippen molar-refractivity contribution >= 4 is 11.6 Å². The number of nitrogens with two attached hydrogens (primary N) is 1. The molecule has 19 heavy (non-hydrogen) atoms. The number of aromatic nitrogens is 2. The van der Waals surface area contributed by atoms with Crippen LogP contribution >= 0.6 is 11.6 Å². The number of halogens is 1. The summed E-state index contributed by atoms with van der Waals surface area (Å²) in [6.07, 6.45) is 4.26. The minimum Gasteiger partial charge on any atom is -0.454 e. The Labute approximate surface area is 118 Å². The van der Waals surface area contributed by atoms with Gasteiger partial charge in [0.1, 0.15) is 5.75 Å². The molecule has 0 saturated heterocycles. The van der Waals surface area contributed by atoms with Crippen LogP contribution in [0.2, 0.25) is 5.02 Å². The van der Waals surface area contributed by atoms with E-state index in [1.807, 2.05) is 29.1 Å². The van der Waals surface area contributed by atoms with Crippen LogP contribution in [0.15, 0.2) is 30.6 Å². The summed E-state index contributed by atoms with van der Waals surface area (Å²) in [6.45, 7) is 4.66. The highest BCUT2D eigenvalue weighted by atomic mass is 35.5. The fourth-order valence-electron chi connectivity index (χ4n) is 1.80. The van der Waals surface area contributed by atoms with Gasteiger partial charge in [0.25, 0.3) is 0 Å². The first-order valence-electron chi connectivity index (χ1n) is 6.31. The summed E-state index contributed by atoms with van der Waals surface area (Å²) in [4.78, 5) is 0. The quantitative estimate of drug-likeness (QED) is 0.912. The van der Waals surface area contributed by atoms with Gasteiger partial charge < -0.3 is 10.5 Å². The molecule has 1 aromatic heterocycles. The van der Waals surface area contributed by atoms with Crippen LogP contribution in [0.5, 0.6) is 11.5 Å². The van der Waals surface area contributed by atoms with E-state index in [4.69, 9.17) is 22.1 Å². The van der Waals surface area contributed by atoms with Gasteiger partial charge in [-0.25, -0.2) is 0 Å². The van der Waals surface area contributed by atoms with E-state index >= 15 is 0 Å². The minimum atomic E-state index is 0.306. The third-order valence-corrected chi connectivity index (χ3v) is 3.16. The van der Waals surface area contributed by atoms with E-state index in [1.165, 1.54) is 0 Å². The highest BCUT2D eigenvalue weighted by Gasteiger charge is 2.10. The van der Waals surface area contributed by atoms with E-state index < -0.39 is 0 Å². The van der Waals surface area contributed by atoms with Crippen molar-refractivity contribution < 1.29 is 4.74 Å². The molecule has 1 heterocycles. The van der Waals surface area contributed by atoms with E-state index in [2.05, 4.69) is 18.9 Å². The molecule has 2 N–H and O–H groups in total. The average molecular weight is 280 g/mol. The van der Waals surface area contributed by atoms with Gasteiger partial charge in [0.05, 0.1) is 12.4 Å². The number of hydrogen-bond acceptors (Lipinski definition) is 3. The van der Waals surface area contributed by atoms with Gasteiger partial charge in [-0.15, -0.1) is 0 Å². The van der Waals surface area contributed by atoms with Crippen LogP contribution in [0.4, 0.5) is 0 Å². The summed E-state index contributed by atoms with van der Waals surface area (Å²) < 4.78 is 7.70. The summed E-state index contributed by atoms with van der Waals surface area (Å²) in [7, 11) is 0. The van der Waals surface area contributed by atoms with E-state index in [1.54, 1.807) is 6.20 Å². The van der Waals surface area contributed by atoms with Gasteiger partial charge in [-0.2, -0.15) is 5.10 Å². The molecule has 0 aliphatic heterocycles. The molecule has 2 aromatic rings. The first kappa shape index (κ1) is 13.9. The predicted molar refractivity (Wildman–Crippen MR) is 76.9 cm³/mol. The van der Waals surface area contributed by atoms with Gasteiger partial charge >= 0.3 is 0 Å². The van der Waals surface area contributed by atoms with Crippen molar-refractivity contribution in [3.05, 3.63) is 41.2 Å². The normalized spacial score (nSPS) is 11.0. The molecule has 0 bridgehead atoms. The molecule has 0 saturated carbocycles. The van der Waals surface area contributed by atoms with E-state index in [-0.39, 0.29) is 0 Å². The second-order valence-corrected chi connectivity index (χ2v) is 5.01. The molecule has 2 rings (SSSR count). The number of rotatable bonds is 5. The second kappa shape index (κ2) is 6.08. The van der Waals surface area contributed by atoms with Gasteiger partial charge in [0.15, 0.2) is 5.75 Å². The highest BCUT2D eigenvalue weighted by Crippen LogP contribution is 2.30. The molecule has 102 valence electrons. The predicted octanol–water partition coefficient (Wildman–Crippen LogP) is 3.41. The van der Waals surface area contributed by atoms with E-state index in [9.17, 15) is 0 Å². The van der Waals surface area contributed by atoms with Crippen molar-refractivity contribution in [1.82, 2.24) is 9.78 Å². The summed E-state index contributed by atoms with van der Waals surface area (Å²) in [5.41, 5.74) is 6.54. The molecule has 4 nitrogen and oxygen atoms in total. The van der Waals surface area contributed by atoms with Crippen LogP contribution < -0.4 is 10.5 Å². The Balaban J connectivity index is 2.24. The maximum atomic E-state index is 6.17. The van der Waals surface area contributed by atoms with Crippen LogP contribution in [0.3, 0.4) is 0 Å². The number of benzene rings is 1. The zero-order chi connectivity index (χ0) is 13.8. The topological polar surface area (TPSA) is 53.1 Å². The minimum absolute atomic E-state index is 0.306. The summed E-state index contributed by atoms with van der Waals surface area (Å²) in [5.74, 6) is 1.44. The lowest BCUT2D eigenvalue weighted by Gasteiger charge is -2.10. The Kier molecular flexibility index (Phi) is 4.45. The van der Waals surface area contributed by atoms with Crippen molar-refractivity contribution in [2.24, 2.45) is 5.73 Å². The Morgan fingerprint density at radius 2 is 2.21 bits per heavy atom. The summed E-state index contributed by atoms with van der Waals surface area (Å²) in [5, 5.41) is 4.92. The van der Waals surface area contributed by atoms with Crippen molar-refractivity contribution in [1.29, 1.82) is 0 Å². The summed E-state index contributed by atoms with van der Waals surface area (Å²) >= 11 is 6.17. The highest BCUT2D eigenvalue weighted by molar-refractivity contribution is 6.31. The second-order valence-electron chi connectivity index (χ2n) is 4.61. The maximum absolute atomic E-state index is 6.17. The van der Waals surface area contributed by atoms with Crippen LogP contribution in [0.1, 0.15) is 25.5 Å². The fraction of sp³-hybridized carbons (Fsp3) is 0.357. The Morgan fingerprint density at radius 3 is 2.84 bits per heavy atom. The van der Waals surface area contributed by atoms with Gasteiger partial charge in [0, 0.05) is 16.6 Å². The molecule has 0 aliphatic carbocycles. The van der Waals surface area contributed by atoms with Crippen molar-refractivity contribution in [2.45, 2.75) is 26.3 Å².